The van der Waals surface area contributed by atoms with Gasteiger partial charge in [0, 0.05) is 24.8 Å². The average Bonchev–Trinajstić information content (AvgIpc) is 3.10. The minimum Gasteiger partial charge on any atom is -0.492 e. The van der Waals surface area contributed by atoms with Crippen molar-refractivity contribution in [1.82, 2.24) is 9.78 Å². The number of aromatic nitrogens is 2. The first-order chi connectivity index (χ1) is 14.6. The van der Waals surface area contributed by atoms with Gasteiger partial charge in [0.1, 0.15) is 25.6 Å². The van der Waals surface area contributed by atoms with Gasteiger partial charge in [-0.25, -0.2) is 0 Å². The normalized spacial score (nSPS) is 12.5. The zero-order valence-corrected chi connectivity index (χ0v) is 17.1. The van der Waals surface area contributed by atoms with Gasteiger partial charge in [-0.05, 0) is 30.3 Å². The molecular formula is C21H21ClN4O4. The van der Waals surface area contributed by atoms with Crippen LogP contribution < -0.4 is 25.3 Å². The number of amides is 1. The van der Waals surface area contributed by atoms with Crippen molar-refractivity contribution in [2.45, 2.75) is 0 Å². The summed E-state index contributed by atoms with van der Waals surface area (Å²) in [5, 5.41) is 7.57. The molecule has 0 spiro atoms. The number of nitrogens with two attached hydrogens (primary N) is 1. The van der Waals surface area contributed by atoms with Crippen LogP contribution in [0.1, 0.15) is 10.4 Å². The quantitative estimate of drug-likeness (QED) is 0.625. The second-order valence-electron chi connectivity index (χ2n) is 6.60. The smallest absolute Gasteiger partial charge is 0.259 e. The van der Waals surface area contributed by atoms with E-state index in [0.29, 0.717) is 71.1 Å². The number of carbonyl (C=O) groups is 1. The highest BCUT2D eigenvalue weighted by Gasteiger charge is 2.21. The van der Waals surface area contributed by atoms with Gasteiger partial charge in [0.2, 0.25) is 0 Å². The molecule has 1 aromatic heterocycles. The number of ether oxygens (including phenoxy) is 3. The Hall–Kier alpha value is -3.23. The molecule has 3 aromatic rings. The van der Waals surface area contributed by atoms with Crippen molar-refractivity contribution < 1.29 is 19.0 Å². The first-order valence-corrected chi connectivity index (χ1v) is 9.81. The van der Waals surface area contributed by atoms with Crippen molar-refractivity contribution in [3.8, 4) is 28.5 Å². The molecule has 1 amide bonds. The van der Waals surface area contributed by atoms with Crippen LogP contribution in [0.5, 0.6) is 17.2 Å². The molecule has 2 heterocycles. The van der Waals surface area contributed by atoms with Crippen LogP contribution in [0.3, 0.4) is 0 Å². The van der Waals surface area contributed by atoms with Gasteiger partial charge in [-0.3, -0.25) is 9.48 Å². The maximum Gasteiger partial charge on any atom is 0.259 e. The van der Waals surface area contributed by atoms with E-state index in [4.69, 9.17) is 31.5 Å². The first-order valence-electron chi connectivity index (χ1n) is 9.43. The molecule has 156 valence electrons. The molecule has 0 bridgehead atoms. The van der Waals surface area contributed by atoms with E-state index < -0.39 is 0 Å². The Bertz CT molecular complexity index is 1060. The topological polar surface area (TPSA) is 101 Å². The van der Waals surface area contributed by atoms with Gasteiger partial charge < -0.3 is 25.3 Å². The number of hydrogen-bond acceptors (Lipinski definition) is 6. The number of fused-ring (bicyclic) bond motifs is 1. The predicted molar refractivity (Wildman–Crippen MR) is 114 cm³/mol. The Morgan fingerprint density at radius 1 is 1.30 bits per heavy atom. The molecular weight excluding hydrogens is 408 g/mol. The number of nitrogens with one attached hydrogen (secondary N) is 1. The number of aryl methyl sites for hydroxylation is 1. The number of halogens is 1. The molecule has 9 heteroatoms. The summed E-state index contributed by atoms with van der Waals surface area (Å²) in [6.45, 7) is 1.57. The fourth-order valence-electron chi connectivity index (χ4n) is 3.25. The lowest BCUT2D eigenvalue weighted by Gasteiger charge is -2.20. The molecule has 0 saturated heterocycles. The minimum absolute atomic E-state index is 0.310. The minimum atomic E-state index is -0.310. The van der Waals surface area contributed by atoms with Crippen molar-refractivity contribution in [2.24, 2.45) is 12.8 Å². The maximum atomic E-state index is 12.9. The molecule has 0 unspecified atom stereocenters. The molecule has 1 aliphatic rings. The highest BCUT2D eigenvalue weighted by molar-refractivity contribution is 6.33. The second kappa shape index (κ2) is 8.64. The van der Waals surface area contributed by atoms with E-state index in [9.17, 15) is 4.79 Å². The average molecular weight is 429 g/mol. The van der Waals surface area contributed by atoms with Crippen LogP contribution in [-0.2, 0) is 7.05 Å². The molecule has 3 N–H and O–H groups in total. The molecule has 0 aliphatic carbocycles. The fraction of sp³-hybridized carbons (Fsp3) is 0.238. The van der Waals surface area contributed by atoms with E-state index in [0.717, 1.165) is 0 Å². The van der Waals surface area contributed by atoms with Crippen molar-refractivity contribution >= 4 is 23.2 Å². The summed E-state index contributed by atoms with van der Waals surface area (Å²) in [4.78, 5) is 12.9. The summed E-state index contributed by atoms with van der Waals surface area (Å²) in [6.07, 6.45) is 1.56. The summed E-state index contributed by atoms with van der Waals surface area (Å²) < 4.78 is 18.6. The molecule has 0 fully saturated rings. The Balaban J connectivity index is 1.67. The Labute approximate surface area is 178 Å². The van der Waals surface area contributed by atoms with Crippen LogP contribution in [-0.4, -0.2) is 42.1 Å². The predicted octanol–water partition coefficient (Wildman–Crippen LogP) is 3.10. The van der Waals surface area contributed by atoms with Gasteiger partial charge in [-0.1, -0.05) is 17.7 Å². The van der Waals surface area contributed by atoms with E-state index >= 15 is 0 Å². The largest absolute Gasteiger partial charge is 0.492 e. The van der Waals surface area contributed by atoms with Gasteiger partial charge in [0.25, 0.3) is 5.91 Å². The number of benzene rings is 2. The molecule has 0 atom stereocenters. The maximum absolute atomic E-state index is 12.9. The standard InChI is InChI=1S/C21H21ClN4O4/c1-26-19(16(22)12-24-26)15-11-13(5-6-17(15)28-8-7-23)25-21(27)14-3-2-4-18-20(14)30-10-9-29-18/h2-6,11-12H,7-10,23H2,1H3,(H,25,27). The van der Waals surface area contributed by atoms with Crippen molar-refractivity contribution in [3.63, 3.8) is 0 Å². The summed E-state index contributed by atoms with van der Waals surface area (Å²) >= 11 is 6.34. The van der Waals surface area contributed by atoms with E-state index in [1.165, 1.54) is 0 Å². The molecule has 0 saturated carbocycles. The summed E-state index contributed by atoms with van der Waals surface area (Å²) in [5.74, 6) is 1.29. The molecule has 1 aliphatic heterocycles. The summed E-state index contributed by atoms with van der Waals surface area (Å²) in [6, 6.07) is 10.5. The third-order valence-corrected chi connectivity index (χ3v) is 4.85. The van der Waals surface area contributed by atoms with Crippen molar-refractivity contribution in [1.29, 1.82) is 0 Å². The van der Waals surface area contributed by atoms with Crippen LogP contribution in [0, 0.1) is 0 Å². The van der Waals surface area contributed by atoms with E-state index in [-0.39, 0.29) is 5.91 Å². The summed E-state index contributed by atoms with van der Waals surface area (Å²) in [5.41, 5.74) is 7.91. The van der Waals surface area contributed by atoms with Gasteiger partial charge in [0.05, 0.1) is 22.5 Å². The zero-order valence-electron chi connectivity index (χ0n) is 16.4. The summed E-state index contributed by atoms with van der Waals surface area (Å²) in [7, 11) is 1.78. The Kier molecular flexibility index (Phi) is 5.78. The van der Waals surface area contributed by atoms with Gasteiger partial charge >= 0.3 is 0 Å². The second-order valence-corrected chi connectivity index (χ2v) is 7.00. The van der Waals surface area contributed by atoms with Gasteiger partial charge in [-0.2, -0.15) is 5.10 Å². The lowest BCUT2D eigenvalue weighted by molar-refractivity contribution is 0.101. The lowest BCUT2D eigenvalue weighted by atomic mass is 10.1. The highest BCUT2D eigenvalue weighted by Crippen LogP contribution is 2.37. The van der Waals surface area contributed by atoms with E-state index in [1.807, 2.05) is 0 Å². The Morgan fingerprint density at radius 2 is 2.13 bits per heavy atom. The number of para-hydroxylation sites is 1. The number of anilines is 1. The van der Waals surface area contributed by atoms with Gasteiger partial charge in [-0.15, -0.1) is 0 Å². The number of rotatable bonds is 6. The first kappa shape index (κ1) is 20.1. The monoisotopic (exact) mass is 428 g/mol. The fourth-order valence-corrected chi connectivity index (χ4v) is 3.52. The van der Waals surface area contributed by atoms with Crippen molar-refractivity contribution in [3.05, 3.63) is 53.2 Å². The lowest BCUT2D eigenvalue weighted by Crippen LogP contribution is -2.20. The van der Waals surface area contributed by atoms with Gasteiger partial charge in [0.15, 0.2) is 11.5 Å². The van der Waals surface area contributed by atoms with Crippen LogP contribution in [0.25, 0.3) is 11.3 Å². The van der Waals surface area contributed by atoms with E-state index in [2.05, 4.69) is 10.4 Å². The highest BCUT2D eigenvalue weighted by atomic mass is 35.5. The number of carbonyl (C=O) groups excluding carboxylic acids is 1. The third kappa shape index (κ3) is 3.92. The Morgan fingerprint density at radius 3 is 2.90 bits per heavy atom. The zero-order chi connectivity index (χ0) is 21.1. The van der Waals surface area contributed by atoms with Crippen molar-refractivity contribution in [2.75, 3.05) is 31.7 Å². The van der Waals surface area contributed by atoms with E-state index in [1.54, 1.807) is 54.3 Å². The molecule has 8 nitrogen and oxygen atoms in total. The van der Waals surface area contributed by atoms with Crippen LogP contribution in [0.4, 0.5) is 5.69 Å². The molecule has 4 rings (SSSR count). The number of nitrogens with zero attached hydrogens (tertiary/aromatic N) is 2. The van der Waals surface area contributed by atoms with Crippen LogP contribution >= 0.6 is 11.6 Å². The van der Waals surface area contributed by atoms with Crippen LogP contribution in [0.2, 0.25) is 5.02 Å². The number of hydrogen-bond donors (Lipinski definition) is 2. The SMILES string of the molecule is Cn1ncc(Cl)c1-c1cc(NC(=O)c2cccc3c2OCCO3)ccc1OCCN. The molecule has 2 aromatic carbocycles. The molecule has 30 heavy (non-hydrogen) atoms. The van der Waals surface area contributed by atoms with Crippen LogP contribution in [0.15, 0.2) is 42.6 Å². The molecule has 0 radical (unpaired) electrons. The third-order valence-electron chi connectivity index (χ3n) is 4.57.